The molecule has 0 bridgehead atoms. The van der Waals surface area contributed by atoms with Gasteiger partial charge in [-0.25, -0.2) is 4.98 Å². The highest BCUT2D eigenvalue weighted by molar-refractivity contribution is 5.94. The van der Waals surface area contributed by atoms with Crippen molar-refractivity contribution in [3.63, 3.8) is 0 Å². The number of hydrogen-bond donors (Lipinski definition) is 0. The molecule has 1 aromatic rings. The van der Waals surface area contributed by atoms with Gasteiger partial charge in [0, 0.05) is 18.4 Å². The Morgan fingerprint density at radius 1 is 1.35 bits per heavy atom. The number of ketones is 1. The van der Waals surface area contributed by atoms with E-state index in [1.54, 1.807) is 19.1 Å². The molecule has 0 radical (unpaired) electrons. The lowest BCUT2D eigenvalue weighted by atomic mass is 10.1. The zero-order chi connectivity index (χ0) is 17.1. The van der Waals surface area contributed by atoms with E-state index in [-0.39, 0.29) is 31.8 Å². The molecule has 1 aliphatic rings. The molecular weight excluding hydrogens is 311 g/mol. The number of rotatable bonds is 8. The Bertz CT molecular complexity index is 568. The number of halogens is 3. The van der Waals surface area contributed by atoms with Crippen LogP contribution in [0.15, 0.2) is 12.1 Å². The molecule has 1 heterocycles. The maximum absolute atomic E-state index is 12.8. The first-order chi connectivity index (χ1) is 10.8. The van der Waals surface area contributed by atoms with Gasteiger partial charge >= 0.3 is 6.18 Å². The van der Waals surface area contributed by atoms with Gasteiger partial charge in [-0.3, -0.25) is 4.79 Å². The summed E-state index contributed by atoms with van der Waals surface area (Å²) in [6.45, 7) is 1.59. The molecule has 128 valence electrons. The third-order valence-electron chi connectivity index (χ3n) is 4.09. The van der Waals surface area contributed by atoms with Gasteiger partial charge in [0.05, 0.1) is 25.7 Å². The van der Waals surface area contributed by atoms with Gasteiger partial charge in [-0.15, -0.1) is 0 Å². The fourth-order valence-corrected chi connectivity index (χ4v) is 2.28. The van der Waals surface area contributed by atoms with Gasteiger partial charge in [-0.2, -0.15) is 13.2 Å². The zero-order valence-corrected chi connectivity index (χ0v) is 13.2. The van der Waals surface area contributed by atoms with E-state index in [1.807, 2.05) is 0 Å². The molecule has 1 saturated carbocycles. The van der Waals surface area contributed by atoms with Gasteiger partial charge < -0.3 is 9.47 Å². The van der Waals surface area contributed by atoms with E-state index in [1.165, 1.54) is 7.11 Å². The first kappa shape index (κ1) is 17.7. The first-order valence-electron chi connectivity index (χ1n) is 7.54. The van der Waals surface area contributed by atoms with E-state index >= 15 is 0 Å². The van der Waals surface area contributed by atoms with Gasteiger partial charge in [0.15, 0.2) is 5.78 Å². The Morgan fingerprint density at radius 3 is 2.57 bits per heavy atom. The quantitative estimate of drug-likeness (QED) is 0.540. The molecule has 1 aromatic heterocycles. The van der Waals surface area contributed by atoms with Crippen molar-refractivity contribution in [2.24, 2.45) is 5.41 Å². The molecule has 0 unspecified atom stereocenters. The van der Waals surface area contributed by atoms with Gasteiger partial charge in [0.25, 0.3) is 0 Å². The Kier molecular flexibility index (Phi) is 5.29. The maximum atomic E-state index is 12.8. The largest absolute Gasteiger partial charge is 0.481 e. The summed E-state index contributed by atoms with van der Waals surface area (Å²) in [5.41, 5.74) is -0.618. The van der Waals surface area contributed by atoms with Crippen LogP contribution in [0.1, 0.15) is 42.2 Å². The molecule has 0 N–H and O–H groups in total. The summed E-state index contributed by atoms with van der Waals surface area (Å²) < 4.78 is 48.7. The summed E-state index contributed by atoms with van der Waals surface area (Å²) in [6.07, 6.45) is -3.21. The van der Waals surface area contributed by atoms with Crippen molar-refractivity contribution in [2.45, 2.75) is 38.8 Å². The molecule has 0 atom stereocenters. The minimum absolute atomic E-state index is 0.0908. The van der Waals surface area contributed by atoms with Crippen molar-refractivity contribution in [3.8, 4) is 5.88 Å². The summed E-state index contributed by atoms with van der Waals surface area (Å²) in [5.74, 6) is 0.219. The van der Waals surface area contributed by atoms with E-state index in [2.05, 4.69) is 4.98 Å². The molecule has 0 aromatic carbocycles. The van der Waals surface area contributed by atoms with Gasteiger partial charge in [-0.05, 0) is 18.9 Å². The molecule has 1 aliphatic carbocycles. The second-order valence-electron chi connectivity index (χ2n) is 5.72. The number of nitrogens with zero attached hydrogens (tertiary/aromatic N) is 1. The van der Waals surface area contributed by atoms with E-state index in [4.69, 9.17) is 9.47 Å². The van der Waals surface area contributed by atoms with Crippen molar-refractivity contribution >= 4 is 5.78 Å². The molecular formula is C16H20F3NO3. The van der Waals surface area contributed by atoms with E-state index in [0.717, 1.165) is 0 Å². The number of carbonyl (C=O) groups excluding carboxylic acids is 1. The highest BCUT2D eigenvalue weighted by Crippen LogP contribution is 2.57. The van der Waals surface area contributed by atoms with Crippen LogP contribution >= 0.6 is 0 Å². The SMILES string of the molecule is CCC(=O)c1ccc(CCOCC2(C(F)(F)F)CC2)c(OC)n1. The molecule has 4 nitrogen and oxygen atoms in total. The molecule has 7 heteroatoms. The van der Waals surface area contributed by atoms with Crippen LogP contribution in [0.4, 0.5) is 13.2 Å². The van der Waals surface area contributed by atoms with Gasteiger partial charge in [0.1, 0.15) is 5.69 Å². The lowest BCUT2D eigenvalue weighted by Gasteiger charge is -2.19. The second-order valence-corrected chi connectivity index (χ2v) is 5.72. The van der Waals surface area contributed by atoms with Crippen LogP contribution in [0.25, 0.3) is 0 Å². The van der Waals surface area contributed by atoms with Crippen molar-refractivity contribution < 1.29 is 27.4 Å². The molecule has 0 spiro atoms. The average Bonchev–Trinajstić information content (AvgIpc) is 3.31. The number of hydrogen-bond acceptors (Lipinski definition) is 4. The van der Waals surface area contributed by atoms with Crippen molar-refractivity contribution in [3.05, 3.63) is 23.4 Å². The van der Waals surface area contributed by atoms with Crippen molar-refractivity contribution in [2.75, 3.05) is 20.3 Å². The Morgan fingerprint density at radius 2 is 2.04 bits per heavy atom. The van der Waals surface area contributed by atoms with Crippen molar-refractivity contribution in [1.82, 2.24) is 4.98 Å². The summed E-state index contributed by atoms with van der Waals surface area (Å²) >= 11 is 0. The van der Waals surface area contributed by atoms with E-state index < -0.39 is 11.6 Å². The fourth-order valence-electron chi connectivity index (χ4n) is 2.28. The van der Waals surface area contributed by atoms with Crippen LogP contribution in [0.2, 0.25) is 0 Å². The highest BCUT2D eigenvalue weighted by Gasteiger charge is 2.63. The van der Waals surface area contributed by atoms with Crippen LogP contribution in [-0.4, -0.2) is 37.3 Å². The van der Waals surface area contributed by atoms with Crippen LogP contribution in [0.3, 0.4) is 0 Å². The maximum Gasteiger partial charge on any atom is 0.396 e. The number of Topliss-reactive ketones (excluding diaryl/α,β-unsaturated/α-hetero) is 1. The number of alkyl halides is 3. The molecule has 0 amide bonds. The lowest BCUT2D eigenvalue weighted by molar-refractivity contribution is -0.201. The third kappa shape index (κ3) is 4.02. The molecule has 0 aliphatic heterocycles. The predicted molar refractivity (Wildman–Crippen MR) is 77.7 cm³/mol. The van der Waals surface area contributed by atoms with Crippen LogP contribution in [0.5, 0.6) is 5.88 Å². The number of aromatic nitrogens is 1. The summed E-state index contributed by atoms with van der Waals surface area (Å²) in [4.78, 5) is 15.7. The van der Waals surface area contributed by atoms with Crippen LogP contribution in [-0.2, 0) is 11.2 Å². The fraction of sp³-hybridized carbons (Fsp3) is 0.625. The number of carbonyl (C=O) groups is 1. The number of pyridine rings is 1. The van der Waals surface area contributed by atoms with Gasteiger partial charge in [0.2, 0.25) is 5.88 Å². The smallest absolute Gasteiger partial charge is 0.396 e. The predicted octanol–water partition coefficient (Wildman–Crippen LogP) is 3.58. The lowest BCUT2D eigenvalue weighted by Crippen LogP contribution is -2.29. The molecule has 0 saturated heterocycles. The molecule has 2 rings (SSSR count). The third-order valence-corrected chi connectivity index (χ3v) is 4.09. The monoisotopic (exact) mass is 331 g/mol. The number of ether oxygens (including phenoxy) is 2. The standard InChI is InChI=1S/C16H20F3NO3/c1-3-13(21)12-5-4-11(14(20-12)22-2)6-9-23-10-15(7-8-15)16(17,18)19/h4-5H,3,6-10H2,1-2H3. The summed E-state index contributed by atoms with van der Waals surface area (Å²) in [7, 11) is 1.44. The van der Waals surface area contributed by atoms with E-state index in [0.29, 0.717) is 30.0 Å². The van der Waals surface area contributed by atoms with Crippen molar-refractivity contribution in [1.29, 1.82) is 0 Å². The molecule has 23 heavy (non-hydrogen) atoms. The Hall–Kier alpha value is -1.63. The highest BCUT2D eigenvalue weighted by atomic mass is 19.4. The summed E-state index contributed by atoms with van der Waals surface area (Å²) in [6, 6.07) is 3.30. The van der Waals surface area contributed by atoms with E-state index in [9.17, 15) is 18.0 Å². The second kappa shape index (κ2) is 6.86. The summed E-state index contributed by atoms with van der Waals surface area (Å²) in [5, 5.41) is 0. The minimum Gasteiger partial charge on any atom is -0.481 e. The van der Waals surface area contributed by atoms with Crippen LogP contribution < -0.4 is 4.74 Å². The average molecular weight is 331 g/mol. The number of methoxy groups -OCH3 is 1. The Labute approximate surface area is 133 Å². The topological polar surface area (TPSA) is 48.4 Å². The normalized spacial score (nSPS) is 16.2. The molecule has 1 fully saturated rings. The minimum atomic E-state index is -4.20. The van der Waals surface area contributed by atoms with Crippen LogP contribution in [0, 0.1) is 5.41 Å². The Balaban J connectivity index is 1.90. The van der Waals surface area contributed by atoms with Gasteiger partial charge in [-0.1, -0.05) is 13.0 Å². The first-order valence-corrected chi connectivity index (χ1v) is 7.54. The zero-order valence-electron chi connectivity index (χ0n) is 13.2.